The topological polar surface area (TPSA) is 16.3 Å². The first-order chi connectivity index (χ1) is 52.4. The Hall–Kier alpha value is -13.0. The second-order valence-corrected chi connectivity index (χ2v) is 30.8. The first-order valence-corrected chi connectivity index (χ1v) is 37.6. The van der Waals surface area contributed by atoms with E-state index in [1.54, 1.807) is 0 Å². The highest BCUT2D eigenvalue weighted by Gasteiger charge is 2.39. The number of aromatic nitrogens is 2. The number of para-hydroxylation sites is 4. The van der Waals surface area contributed by atoms with E-state index in [1.807, 2.05) is 0 Å². The average Bonchev–Trinajstić information content (AvgIpc) is 1.61. The van der Waals surface area contributed by atoms with Crippen LogP contribution in [0.4, 0.5) is 34.1 Å². The lowest BCUT2D eigenvalue weighted by Gasteiger charge is -2.30. The summed E-state index contributed by atoms with van der Waals surface area (Å²) in [6, 6.07) is 134. The fourth-order valence-corrected chi connectivity index (χ4v) is 18.5. The first kappa shape index (κ1) is 63.7. The quantitative estimate of drug-likeness (QED) is 0.136. The van der Waals surface area contributed by atoms with Crippen LogP contribution in [-0.2, 0) is 16.2 Å². The molecule has 0 amide bonds. The monoisotopic (exact) mass is 1370 g/mol. The van der Waals surface area contributed by atoms with Gasteiger partial charge in [0.25, 0.3) is 0 Å². The van der Waals surface area contributed by atoms with Gasteiger partial charge in [-0.25, -0.2) is 0 Å². The molecule has 0 aliphatic heterocycles. The van der Waals surface area contributed by atoms with Gasteiger partial charge in [-0.15, -0.1) is 0 Å². The minimum atomic E-state index is -0.117. The molecular formula is C103H78N4. The third-order valence-corrected chi connectivity index (χ3v) is 23.8. The number of rotatable bonds is 10. The van der Waals surface area contributed by atoms with E-state index in [0.29, 0.717) is 0 Å². The Morgan fingerprint density at radius 3 is 1.07 bits per heavy atom. The molecule has 510 valence electrons. The maximum Gasteiger partial charge on any atom is 0.0542 e. The fourth-order valence-electron chi connectivity index (χ4n) is 18.5. The number of anilines is 6. The number of hydrogen-bond donors (Lipinski definition) is 0. The molecule has 0 bridgehead atoms. The van der Waals surface area contributed by atoms with E-state index < -0.39 is 0 Å². The second kappa shape index (κ2) is 24.6. The molecule has 4 nitrogen and oxygen atoms in total. The van der Waals surface area contributed by atoms with Gasteiger partial charge < -0.3 is 18.9 Å². The van der Waals surface area contributed by atoms with Crippen molar-refractivity contribution < 1.29 is 0 Å². The molecule has 0 saturated carbocycles. The largest absolute Gasteiger partial charge is 0.310 e. The minimum absolute atomic E-state index is 0.0950. The van der Waals surface area contributed by atoms with Crippen LogP contribution >= 0.6 is 0 Å². The van der Waals surface area contributed by atoms with Crippen LogP contribution in [0.1, 0.15) is 74.9 Å². The van der Waals surface area contributed by atoms with Crippen molar-refractivity contribution in [2.75, 3.05) is 9.80 Å². The Kier molecular flexibility index (Phi) is 14.6. The van der Waals surface area contributed by atoms with Gasteiger partial charge in [0.15, 0.2) is 0 Å². The molecule has 0 spiro atoms. The Labute approximate surface area is 625 Å². The van der Waals surface area contributed by atoms with Gasteiger partial charge in [-0.05, 0) is 216 Å². The van der Waals surface area contributed by atoms with Gasteiger partial charge in [0, 0.05) is 83.0 Å². The molecule has 0 fully saturated rings. The molecule has 0 radical (unpaired) electrons. The summed E-state index contributed by atoms with van der Waals surface area (Å²) in [5.74, 6) is 0. The molecule has 16 aromatic carbocycles. The average molecular weight is 1370 g/mol. The van der Waals surface area contributed by atoms with E-state index in [2.05, 4.69) is 424 Å². The SMILES string of the molecule is CC1(C)c2ccccc2-c2ccc(N(c3ccc4c(c3)C(C)(C)c3ccccc3-4)c3ccc4c(c3)c3ccccc3n4-c3ccccc3)cc21.CC1(C)c2ccccc2-c2ccc(N(c3cccc(-c4ccccc4)c3)c3ccc(-c4ccc5c(c4)c4ccccc4n5-c4ccccc4)c4ccccc34)cc21. The van der Waals surface area contributed by atoms with Gasteiger partial charge in [-0.2, -0.15) is 0 Å². The highest BCUT2D eigenvalue weighted by atomic mass is 15.2. The second-order valence-electron chi connectivity index (χ2n) is 30.8. The Morgan fingerprint density at radius 1 is 0.196 bits per heavy atom. The van der Waals surface area contributed by atoms with Crippen molar-refractivity contribution in [3.63, 3.8) is 0 Å². The van der Waals surface area contributed by atoms with E-state index in [1.165, 1.54) is 166 Å². The van der Waals surface area contributed by atoms with Gasteiger partial charge >= 0.3 is 0 Å². The van der Waals surface area contributed by atoms with Gasteiger partial charge in [-0.1, -0.05) is 284 Å². The van der Waals surface area contributed by atoms with Crippen LogP contribution in [0.15, 0.2) is 364 Å². The van der Waals surface area contributed by atoms with Gasteiger partial charge in [0.05, 0.1) is 27.8 Å². The maximum atomic E-state index is 2.48. The molecule has 0 unspecified atom stereocenters. The highest BCUT2D eigenvalue weighted by Crippen LogP contribution is 2.56. The molecule has 0 N–H and O–H groups in total. The summed E-state index contributed by atoms with van der Waals surface area (Å²) in [6.07, 6.45) is 0. The van der Waals surface area contributed by atoms with Crippen LogP contribution in [0.2, 0.25) is 0 Å². The Balaban J connectivity index is 0.000000143. The van der Waals surface area contributed by atoms with Crippen LogP contribution in [-0.4, -0.2) is 9.13 Å². The molecule has 18 aromatic rings. The molecule has 4 heteroatoms. The van der Waals surface area contributed by atoms with Crippen LogP contribution in [0, 0.1) is 0 Å². The number of nitrogens with zero attached hydrogens (tertiary/aromatic N) is 4. The van der Waals surface area contributed by atoms with Crippen molar-refractivity contribution >= 4 is 88.5 Å². The van der Waals surface area contributed by atoms with Crippen LogP contribution in [0.3, 0.4) is 0 Å². The Morgan fingerprint density at radius 2 is 0.551 bits per heavy atom. The lowest BCUT2D eigenvalue weighted by atomic mass is 9.82. The predicted molar refractivity (Wildman–Crippen MR) is 452 cm³/mol. The van der Waals surface area contributed by atoms with E-state index in [9.17, 15) is 0 Å². The third kappa shape index (κ3) is 10.0. The maximum absolute atomic E-state index is 2.48. The van der Waals surface area contributed by atoms with E-state index in [0.717, 1.165) is 22.7 Å². The summed E-state index contributed by atoms with van der Waals surface area (Å²) in [4.78, 5) is 4.95. The lowest BCUT2D eigenvalue weighted by Crippen LogP contribution is -2.18. The summed E-state index contributed by atoms with van der Waals surface area (Å²) in [5.41, 5.74) is 34.9. The lowest BCUT2D eigenvalue weighted by molar-refractivity contribution is 0.660. The molecular weight excluding hydrogens is 1290 g/mol. The van der Waals surface area contributed by atoms with Crippen molar-refractivity contribution in [1.82, 2.24) is 9.13 Å². The molecule has 0 atom stereocenters. The zero-order chi connectivity index (χ0) is 71.9. The summed E-state index contributed by atoms with van der Waals surface area (Å²) in [6.45, 7) is 14.2. The molecule has 0 saturated heterocycles. The summed E-state index contributed by atoms with van der Waals surface area (Å²) < 4.78 is 4.77. The molecule has 2 heterocycles. The molecule has 2 aromatic heterocycles. The number of hydrogen-bond acceptors (Lipinski definition) is 2. The standard InChI is InChI=1S/C55H40N2.C48H38N2/c1-55(2)50-26-13-11-23-45(50)46-30-29-42(36-51(46)55)56(41-21-15-18-38(34-41)37-16-5-3-6-17-37)53-33-31-43(44-22-9-10-24-47(44)53)39-28-32-54-49(35-39)48-25-12-14-27-52(48)57(54)40-19-7-4-8-20-40;1-47(2)41-19-11-8-16-35(41)37-25-22-33(29-43(37)47)49(34-23-26-38-36-17-9-12-20-42(36)48(3,4)44(38)30-34)32-24-27-46-40(28-32)39-18-10-13-21-45(39)50(46)31-14-6-5-7-15-31/h3-36H,1-2H3;5-30H,1-4H3. The smallest absolute Gasteiger partial charge is 0.0542 e. The summed E-state index contributed by atoms with van der Waals surface area (Å²) in [5, 5.41) is 7.43. The normalized spacial score (nSPS) is 13.7. The van der Waals surface area contributed by atoms with Crippen molar-refractivity contribution in [2.24, 2.45) is 0 Å². The van der Waals surface area contributed by atoms with Crippen LogP contribution in [0.25, 0.3) is 121 Å². The van der Waals surface area contributed by atoms with Crippen molar-refractivity contribution in [2.45, 2.75) is 57.8 Å². The molecule has 3 aliphatic rings. The zero-order valence-corrected chi connectivity index (χ0v) is 60.9. The minimum Gasteiger partial charge on any atom is -0.310 e. The molecule has 21 rings (SSSR count). The molecule has 3 aliphatic carbocycles. The number of benzene rings is 16. The highest BCUT2D eigenvalue weighted by molar-refractivity contribution is 6.14. The third-order valence-electron chi connectivity index (χ3n) is 23.8. The van der Waals surface area contributed by atoms with Gasteiger partial charge in [0.2, 0.25) is 0 Å². The van der Waals surface area contributed by atoms with Crippen molar-refractivity contribution in [3.8, 4) is 67.0 Å². The Bertz CT molecular complexity index is 6500. The van der Waals surface area contributed by atoms with Crippen LogP contribution < -0.4 is 9.80 Å². The summed E-state index contributed by atoms with van der Waals surface area (Å²) >= 11 is 0. The van der Waals surface area contributed by atoms with Gasteiger partial charge in [0.1, 0.15) is 0 Å². The van der Waals surface area contributed by atoms with Crippen LogP contribution in [0.5, 0.6) is 0 Å². The fraction of sp³-hybridized carbons (Fsp3) is 0.0874. The summed E-state index contributed by atoms with van der Waals surface area (Å²) in [7, 11) is 0. The van der Waals surface area contributed by atoms with E-state index in [4.69, 9.17) is 0 Å². The zero-order valence-electron chi connectivity index (χ0n) is 60.9. The van der Waals surface area contributed by atoms with Crippen molar-refractivity contribution in [3.05, 3.63) is 397 Å². The number of fused-ring (bicyclic) bond motifs is 16. The van der Waals surface area contributed by atoms with Crippen molar-refractivity contribution in [1.29, 1.82) is 0 Å². The van der Waals surface area contributed by atoms with E-state index >= 15 is 0 Å². The molecule has 107 heavy (non-hydrogen) atoms. The predicted octanol–water partition coefficient (Wildman–Crippen LogP) is 27.9. The first-order valence-electron chi connectivity index (χ1n) is 37.6. The van der Waals surface area contributed by atoms with E-state index in [-0.39, 0.29) is 16.2 Å². The van der Waals surface area contributed by atoms with Gasteiger partial charge in [-0.3, -0.25) is 0 Å².